The van der Waals surface area contributed by atoms with Gasteiger partial charge in [-0.3, -0.25) is 9.89 Å². The lowest BCUT2D eigenvalue weighted by Gasteiger charge is -2.26. The van der Waals surface area contributed by atoms with Crippen LogP contribution in [0.1, 0.15) is 11.1 Å². The third-order valence-corrected chi connectivity index (χ3v) is 5.31. The van der Waals surface area contributed by atoms with E-state index in [1.807, 2.05) is 37.2 Å². The van der Waals surface area contributed by atoms with Crippen LogP contribution in [0, 0.1) is 5.82 Å². The van der Waals surface area contributed by atoms with Gasteiger partial charge in [0.2, 0.25) is 5.91 Å². The summed E-state index contributed by atoms with van der Waals surface area (Å²) < 4.78 is 19.6. The Labute approximate surface area is 180 Å². The molecule has 1 aromatic heterocycles. The SMILES string of the molecule is CN(C)CCOc1cc(-c2cn[nH]c2)ccc1NC(=O)[C@H]1Cc2cc(F)ccc2CN1. The lowest BCUT2D eigenvalue weighted by molar-refractivity contribution is -0.118. The molecule has 4 rings (SSSR count). The quantitative estimate of drug-likeness (QED) is 0.544. The number of aromatic amines is 1. The number of amides is 1. The van der Waals surface area contributed by atoms with Gasteiger partial charge >= 0.3 is 0 Å². The number of anilines is 1. The summed E-state index contributed by atoms with van der Waals surface area (Å²) in [5, 5.41) is 13.0. The molecule has 7 nitrogen and oxygen atoms in total. The number of carbonyl (C=O) groups is 1. The van der Waals surface area contributed by atoms with Gasteiger partial charge in [-0.1, -0.05) is 12.1 Å². The fraction of sp³-hybridized carbons (Fsp3) is 0.304. The number of carbonyl (C=O) groups excluding carboxylic acids is 1. The first-order chi connectivity index (χ1) is 15.0. The maximum atomic E-state index is 13.6. The second kappa shape index (κ2) is 9.28. The van der Waals surface area contributed by atoms with Gasteiger partial charge < -0.3 is 20.3 Å². The second-order valence-corrected chi connectivity index (χ2v) is 7.89. The molecule has 8 heteroatoms. The lowest BCUT2D eigenvalue weighted by Crippen LogP contribution is -2.44. The largest absolute Gasteiger partial charge is 0.490 e. The van der Waals surface area contributed by atoms with Crippen LogP contribution in [0.5, 0.6) is 5.75 Å². The number of fused-ring (bicyclic) bond motifs is 1. The fourth-order valence-corrected chi connectivity index (χ4v) is 3.56. The Morgan fingerprint density at radius 3 is 2.87 bits per heavy atom. The smallest absolute Gasteiger partial charge is 0.241 e. The molecular formula is C23H26FN5O2. The number of hydrogen-bond acceptors (Lipinski definition) is 5. The molecule has 3 N–H and O–H groups in total. The maximum Gasteiger partial charge on any atom is 0.241 e. The standard InChI is InChI=1S/C23H26FN5O2/c1-29(2)7-8-31-22-11-15(18-13-26-27-14-18)4-6-20(22)28-23(30)21-10-17-9-19(24)5-3-16(17)12-25-21/h3-6,9,11,13-14,21,25H,7-8,10,12H2,1-2H3,(H,26,27)(H,28,30)/t21-/m1/s1. The van der Waals surface area contributed by atoms with E-state index in [0.29, 0.717) is 31.0 Å². The lowest BCUT2D eigenvalue weighted by atomic mass is 9.95. The van der Waals surface area contributed by atoms with Crippen LogP contribution in [-0.4, -0.2) is 54.3 Å². The van der Waals surface area contributed by atoms with E-state index < -0.39 is 6.04 Å². The van der Waals surface area contributed by atoms with E-state index in [2.05, 4.69) is 20.8 Å². The van der Waals surface area contributed by atoms with Crippen molar-refractivity contribution in [1.82, 2.24) is 20.4 Å². The van der Waals surface area contributed by atoms with Gasteiger partial charge in [-0.15, -0.1) is 0 Å². The zero-order chi connectivity index (χ0) is 21.8. The molecule has 0 saturated heterocycles. The summed E-state index contributed by atoms with van der Waals surface area (Å²) in [7, 11) is 3.95. The Morgan fingerprint density at radius 1 is 1.23 bits per heavy atom. The fourth-order valence-electron chi connectivity index (χ4n) is 3.56. The van der Waals surface area contributed by atoms with Crippen LogP contribution in [0.2, 0.25) is 0 Å². The van der Waals surface area contributed by atoms with Crippen LogP contribution >= 0.6 is 0 Å². The summed E-state index contributed by atoms with van der Waals surface area (Å²) >= 11 is 0. The highest BCUT2D eigenvalue weighted by atomic mass is 19.1. The number of benzene rings is 2. The number of likely N-dealkylation sites (N-methyl/N-ethyl adjacent to an activating group) is 1. The summed E-state index contributed by atoms with van der Waals surface area (Å²) in [5.74, 6) is 0.130. The summed E-state index contributed by atoms with van der Waals surface area (Å²) in [6, 6.07) is 9.91. The third-order valence-electron chi connectivity index (χ3n) is 5.31. The highest BCUT2D eigenvalue weighted by Crippen LogP contribution is 2.31. The van der Waals surface area contributed by atoms with Crippen LogP contribution < -0.4 is 15.4 Å². The van der Waals surface area contributed by atoms with E-state index >= 15 is 0 Å². The first-order valence-electron chi connectivity index (χ1n) is 10.2. The van der Waals surface area contributed by atoms with Gasteiger partial charge in [-0.2, -0.15) is 5.10 Å². The minimum atomic E-state index is -0.447. The van der Waals surface area contributed by atoms with Crippen molar-refractivity contribution in [2.24, 2.45) is 0 Å². The van der Waals surface area contributed by atoms with Crippen LogP contribution in [0.15, 0.2) is 48.8 Å². The number of ether oxygens (including phenoxy) is 1. The first kappa shape index (κ1) is 21.0. The van der Waals surface area contributed by atoms with Crippen molar-refractivity contribution in [2.75, 3.05) is 32.6 Å². The first-order valence-corrected chi connectivity index (χ1v) is 10.2. The number of nitrogens with zero attached hydrogens (tertiary/aromatic N) is 2. The molecule has 0 spiro atoms. The molecule has 2 heterocycles. The highest BCUT2D eigenvalue weighted by molar-refractivity contribution is 5.96. The predicted molar refractivity (Wildman–Crippen MR) is 117 cm³/mol. The zero-order valence-electron chi connectivity index (χ0n) is 17.6. The Hall–Kier alpha value is -3.23. The Bertz CT molecular complexity index is 1050. The van der Waals surface area contributed by atoms with E-state index in [1.165, 1.54) is 12.1 Å². The molecule has 2 aromatic carbocycles. The van der Waals surface area contributed by atoms with Crippen molar-refractivity contribution in [1.29, 1.82) is 0 Å². The van der Waals surface area contributed by atoms with Crippen LogP contribution in [0.3, 0.4) is 0 Å². The van der Waals surface area contributed by atoms with Crippen molar-refractivity contribution in [3.05, 3.63) is 65.7 Å². The van der Waals surface area contributed by atoms with Crippen molar-refractivity contribution < 1.29 is 13.9 Å². The van der Waals surface area contributed by atoms with Gasteiger partial charge in [0.25, 0.3) is 0 Å². The monoisotopic (exact) mass is 423 g/mol. The Balaban J connectivity index is 1.51. The van der Waals surface area contributed by atoms with Crippen LogP contribution in [0.4, 0.5) is 10.1 Å². The van der Waals surface area contributed by atoms with Crippen LogP contribution in [-0.2, 0) is 17.8 Å². The average molecular weight is 423 g/mol. The van der Waals surface area contributed by atoms with E-state index in [-0.39, 0.29) is 11.7 Å². The highest BCUT2D eigenvalue weighted by Gasteiger charge is 2.25. The molecule has 0 radical (unpaired) electrons. The number of rotatable bonds is 7. The van der Waals surface area contributed by atoms with E-state index in [0.717, 1.165) is 28.8 Å². The van der Waals surface area contributed by atoms with Gasteiger partial charge in [0, 0.05) is 24.8 Å². The molecule has 1 atom stereocenters. The van der Waals surface area contributed by atoms with Gasteiger partial charge in [-0.25, -0.2) is 4.39 Å². The van der Waals surface area contributed by atoms with E-state index in [9.17, 15) is 9.18 Å². The molecule has 0 bridgehead atoms. The number of aromatic nitrogens is 2. The summed E-state index contributed by atoms with van der Waals surface area (Å²) in [5.41, 5.74) is 4.34. The van der Waals surface area contributed by atoms with Gasteiger partial charge in [0.1, 0.15) is 18.2 Å². The van der Waals surface area contributed by atoms with Gasteiger partial charge in [-0.05, 0) is 61.5 Å². The summed E-state index contributed by atoms with van der Waals surface area (Å²) in [4.78, 5) is 15.0. The number of halogens is 1. The van der Waals surface area contributed by atoms with E-state index in [4.69, 9.17) is 4.74 Å². The van der Waals surface area contributed by atoms with Crippen molar-refractivity contribution in [2.45, 2.75) is 19.0 Å². The third kappa shape index (κ3) is 5.10. The van der Waals surface area contributed by atoms with Gasteiger partial charge in [0.15, 0.2) is 0 Å². The number of H-pyrrole nitrogens is 1. The zero-order valence-corrected chi connectivity index (χ0v) is 17.6. The Kier molecular flexibility index (Phi) is 6.29. The second-order valence-electron chi connectivity index (χ2n) is 7.89. The molecule has 0 unspecified atom stereocenters. The summed E-state index contributed by atoms with van der Waals surface area (Å²) in [6.45, 7) is 1.76. The summed E-state index contributed by atoms with van der Waals surface area (Å²) in [6.07, 6.45) is 3.97. The molecule has 0 fully saturated rings. The molecule has 1 aliphatic rings. The number of hydrogen-bond donors (Lipinski definition) is 3. The molecule has 3 aromatic rings. The minimum absolute atomic E-state index is 0.177. The minimum Gasteiger partial charge on any atom is -0.490 e. The molecule has 0 aliphatic carbocycles. The predicted octanol–water partition coefficient (Wildman–Crippen LogP) is 2.81. The van der Waals surface area contributed by atoms with Crippen molar-refractivity contribution in [3.8, 4) is 16.9 Å². The topological polar surface area (TPSA) is 82.3 Å². The Morgan fingerprint density at radius 2 is 2.10 bits per heavy atom. The van der Waals surface area contributed by atoms with Crippen molar-refractivity contribution >= 4 is 11.6 Å². The van der Waals surface area contributed by atoms with Crippen molar-refractivity contribution in [3.63, 3.8) is 0 Å². The molecular weight excluding hydrogens is 397 g/mol. The average Bonchev–Trinajstić information content (AvgIpc) is 3.29. The van der Waals surface area contributed by atoms with E-state index in [1.54, 1.807) is 18.5 Å². The molecule has 31 heavy (non-hydrogen) atoms. The van der Waals surface area contributed by atoms with Crippen LogP contribution in [0.25, 0.3) is 11.1 Å². The molecule has 1 aliphatic heterocycles. The molecule has 162 valence electrons. The van der Waals surface area contributed by atoms with Gasteiger partial charge in [0.05, 0.1) is 17.9 Å². The normalized spacial score (nSPS) is 15.5. The number of nitrogens with one attached hydrogen (secondary N) is 3. The molecule has 1 amide bonds. The maximum absolute atomic E-state index is 13.6. The molecule has 0 saturated carbocycles.